The van der Waals surface area contributed by atoms with Crippen LogP contribution in [0.3, 0.4) is 0 Å². The summed E-state index contributed by atoms with van der Waals surface area (Å²) < 4.78 is 0. The van der Waals surface area contributed by atoms with Crippen LogP contribution in [0.4, 0.5) is 0 Å². The second-order valence-electron chi connectivity index (χ2n) is 5.56. The molecule has 2 N–H and O–H groups in total. The van der Waals surface area contributed by atoms with E-state index in [-0.39, 0.29) is 5.91 Å². The highest BCUT2D eigenvalue weighted by atomic mass is 16.4. The fourth-order valence-electron chi connectivity index (χ4n) is 2.99. The van der Waals surface area contributed by atoms with Gasteiger partial charge in [0.25, 0.3) is 0 Å². The zero-order chi connectivity index (χ0) is 13.2. The summed E-state index contributed by atoms with van der Waals surface area (Å²) in [6.45, 7) is 3.32. The van der Waals surface area contributed by atoms with E-state index < -0.39 is 17.6 Å². The maximum atomic E-state index is 12.6. The lowest BCUT2D eigenvalue weighted by molar-refractivity contribution is -0.155. The van der Waals surface area contributed by atoms with E-state index >= 15 is 0 Å². The van der Waals surface area contributed by atoms with Crippen molar-refractivity contribution in [2.75, 3.05) is 13.1 Å². The fourth-order valence-corrected chi connectivity index (χ4v) is 2.99. The number of rotatable bonds is 2. The molecule has 102 valence electrons. The standard InChI is InChI=1S/C13H22N2O3/c1-13(7-3-4-8-14-13)12(18)15-9-5-2-6-10(15)11(16)17/h10,14H,2-9H2,1H3,(H,16,17)/t10-,13?/m0/s1. The molecule has 5 heteroatoms. The molecule has 2 saturated heterocycles. The molecular formula is C13H22N2O3. The maximum Gasteiger partial charge on any atom is 0.326 e. The van der Waals surface area contributed by atoms with Gasteiger partial charge in [-0.2, -0.15) is 0 Å². The van der Waals surface area contributed by atoms with Crippen molar-refractivity contribution >= 4 is 11.9 Å². The molecule has 2 fully saturated rings. The van der Waals surface area contributed by atoms with Crippen molar-refractivity contribution in [3.05, 3.63) is 0 Å². The molecule has 5 nitrogen and oxygen atoms in total. The van der Waals surface area contributed by atoms with Gasteiger partial charge in [0.1, 0.15) is 6.04 Å². The van der Waals surface area contributed by atoms with E-state index in [0.717, 1.165) is 38.6 Å². The number of aliphatic carboxylic acids is 1. The monoisotopic (exact) mass is 254 g/mol. The molecule has 0 bridgehead atoms. The van der Waals surface area contributed by atoms with Gasteiger partial charge in [0.05, 0.1) is 5.54 Å². The average molecular weight is 254 g/mol. The first-order valence-corrected chi connectivity index (χ1v) is 6.83. The number of carbonyl (C=O) groups is 2. The van der Waals surface area contributed by atoms with E-state index in [1.54, 1.807) is 4.90 Å². The van der Waals surface area contributed by atoms with E-state index in [9.17, 15) is 14.7 Å². The third-order valence-electron chi connectivity index (χ3n) is 4.14. The van der Waals surface area contributed by atoms with Gasteiger partial charge in [-0.25, -0.2) is 4.79 Å². The van der Waals surface area contributed by atoms with E-state index in [0.29, 0.717) is 13.0 Å². The normalized spacial score (nSPS) is 33.2. The number of hydrogen-bond acceptors (Lipinski definition) is 3. The molecule has 2 heterocycles. The molecule has 0 aromatic carbocycles. The highest BCUT2D eigenvalue weighted by Gasteiger charge is 2.42. The number of likely N-dealkylation sites (tertiary alicyclic amines) is 1. The van der Waals surface area contributed by atoms with Crippen LogP contribution < -0.4 is 5.32 Å². The number of carboxylic acids is 1. The second-order valence-corrected chi connectivity index (χ2v) is 5.56. The number of carbonyl (C=O) groups excluding carboxylic acids is 1. The molecule has 2 aliphatic heterocycles. The zero-order valence-corrected chi connectivity index (χ0v) is 10.9. The average Bonchev–Trinajstić information content (AvgIpc) is 2.38. The van der Waals surface area contributed by atoms with E-state index in [1.165, 1.54) is 0 Å². The first-order valence-electron chi connectivity index (χ1n) is 6.83. The molecule has 0 radical (unpaired) electrons. The Labute approximate surface area is 108 Å². The van der Waals surface area contributed by atoms with Gasteiger partial charge in [-0.1, -0.05) is 0 Å². The van der Waals surface area contributed by atoms with Gasteiger partial charge in [0.2, 0.25) is 5.91 Å². The number of nitrogens with one attached hydrogen (secondary N) is 1. The lowest BCUT2D eigenvalue weighted by Crippen LogP contribution is -2.61. The summed E-state index contributed by atoms with van der Waals surface area (Å²) in [5.41, 5.74) is -0.566. The Kier molecular flexibility index (Phi) is 3.90. The molecule has 2 aliphatic rings. The molecule has 0 aromatic rings. The quantitative estimate of drug-likeness (QED) is 0.771. The second kappa shape index (κ2) is 5.26. The van der Waals surface area contributed by atoms with Crippen molar-refractivity contribution in [3.8, 4) is 0 Å². The lowest BCUT2D eigenvalue weighted by atomic mass is 9.88. The molecule has 1 amide bonds. The summed E-state index contributed by atoms with van der Waals surface area (Å²) in [5, 5.41) is 12.5. The molecular weight excluding hydrogens is 232 g/mol. The largest absolute Gasteiger partial charge is 0.480 e. The Morgan fingerprint density at radius 3 is 2.67 bits per heavy atom. The maximum absolute atomic E-state index is 12.6. The van der Waals surface area contributed by atoms with Crippen LogP contribution in [0.15, 0.2) is 0 Å². The van der Waals surface area contributed by atoms with Crippen LogP contribution in [0.5, 0.6) is 0 Å². The van der Waals surface area contributed by atoms with Gasteiger partial charge in [-0.3, -0.25) is 4.79 Å². The van der Waals surface area contributed by atoms with Gasteiger partial charge >= 0.3 is 5.97 Å². The van der Waals surface area contributed by atoms with Crippen molar-refractivity contribution in [1.29, 1.82) is 0 Å². The van der Waals surface area contributed by atoms with Crippen LogP contribution in [-0.2, 0) is 9.59 Å². The third-order valence-corrected chi connectivity index (χ3v) is 4.14. The van der Waals surface area contributed by atoms with Crippen LogP contribution in [0.1, 0.15) is 45.4 Å². The smallest absolute Gasteiger partial charge is 0.326 e. The number of hydrogen-bond donors (Lipinski definition) is 2. The first kappa shape index (κ1) is 13.3. The van der Waals surface area contributed by atoms with Gasteiger partial charge in [0.15, 0.2) is 0 Å². The number of amides is 1. The van der Waals surface area contributed by atoms with Gasteiger partial charge in [-0.05, 0) is 52.0 Å². The van der Waals surface area contributed by atoms with Crippen LogP contribution in [0.2, 0.25) is 0 Å². The Morgan fingerprint density at radius 2 is 2.06 bits per heavy atom. The fraction of sp³-hybridized carbons (Fsp3) is 0.846. The Hall–Kier alpha value is -1.10. The van der Waals surface area contributed by atoms with Crippen molar-refractivity contribution in [2.24, 2.45) is 0 Å². The summed E-state index contributed by atoms with van der Waals surface area (Å²) in [5.74, 6) is -0.906. The topological polar surface area (TPSA) is 69.6 Å². The van der Waals surface area contributed by atoms with Crippen LogP contribution >= 0.6 is 0 Å². The number of nitrogens with zero attached hydrogens (tertiary/aromatic N) is 1. The Morgan fingerprint density at radius 1 is 1.28 bits per heavy atom. The summed E-state index contributed by atoms with van der Waals surface area (Å²) >= 11 is 0. The van der Waals surface area contributed by atoms with Crippen molar-refractivity contribution in [1.82, 2.24) is 10.2 Å². The predicted octanol–water partition coefficient (Wildman–Crippen LogP) is 0.984. The highest BCUT2D eigenvalue weighted by molar-refractivity contribution is 5.90. The number of carboxylic acid groups (broad SMARTS) is 1. The minimum absolute atomic E-state index is 0.0331. The Balaban J connectivity index is 2.12. The molecule has 0 saturated carbocycles. The van der Waals surface area contributed by atoms with Crippen LogP contribution in [-0.4, -0.2) is 46.6 Å². The highest BCUT2D eigenvalue weighted by Crippen LogP contribution is 2.26. The lowest BCUT2D eigenvalue weighted by Gasteiger charge is -2.41. The molecule has 0 aliphatic carbocycles. The molecule has 18 heavy (non-hydrogen) atoms. The molecule has 2 rings (SSSR count). The summed E-state index contributed by atoms with van der Waals surface area (Å²) in [4.78, 5) is 25.4. The van der Waals surface area contributed by atoms with E-state index in [2.05, 4.69) is 5.32 Å². The SMILES string of the molecule is CC1(C(=O)N2CCCC[C@H]2C(=O)O)CCCCN1. The van der Waals surface area contributed by atoms with Crippen molar-refractivity contribution in [3.63, 3.8) is 0 Å². The summed E-state index contributed by atoms with van der Waals surface area (Å²) in [6.07, 6.45) is 5.30. The minimum Gasteiger partial charge on any atom is -0.480 e. The van der Waals surface area contributed by atoms with Crippen LogP contribution in [0, 0.1) is 0 Å². The van der Waals surface area contributed by atoms with Gasteiger partial charge < -0.3 is 15.3 Å². The number of piperidine rings is 2. The van der Waals surface area contributed by atoms with Crippen LogP contribution in [0.25, 0.3) is 0 Å². The van der Waals surface area contributed by atoms with E-state index in [1.807, 2.05) is 6.92 Å². The molecule has 1 unspecified atom stereocenters. The van der Waals surface area contributed by atoms with Gasteiger partial charge in [-0.15, -0.1) is 0 Å². The molecule has 0 aromatic heterocycles. The molecule has 2 atom stereocenters. The third kappa shape index (κ3) is 2.51. The predicted molar refractivity (Wildman–Crippen MR) is 67.2 cm³/mol. The molecule has 0 spiro atoms. The summed E-state index contributed by atoms with van der Waals surface area (Å²) in [6, 6.07) is -0.633. The van der Waals surface area contributed by atoms with Crippen molar-refractivity contribution in [2.45, 2.75) is 57.0 Å². The zero-order valence-electron chi connectivity index (χ0n) is 10.9. The minimum atomic E-state index is -0.873. The van der Waals surface area contributed by atoms with E-state index in [4.69, 9.17) is 0 Å². The first-order chi connectivity index (χ1) is 8.54. The van der Waals surface area contributed by atoms with Gasteiger partial charge in [0, 0.05) is 6.54 Å². The van der Waals surface area contributed by atoms with Crippen molar-refractivity contribution < 1.29 is 14.7 Å². The summed E-state index contributed by atoms with van der Waals surface area (Å²) in [7, 11) is 0. The Bertz CT molecular complexity index is 337.